The fourth-order valence-electron chi connectivity index (χ4n) is 2.73. The first-order chi connectivity index (χ1) is 10.6. The Labute approximate surface area is 129 Å². The van der Waals surface area contributed by atoms with E-state index in [0.29, 0.717) is 18.7 Å². The average molecular weight is 310 g/mol. The molecule has 1 amide bonds. The first-order valence-corrected chi connectivity index (χ1v) is 7.57. The van der Waals surface area contributed by atoms with E-state index in [4.69, 9.17) is 14.4 Å². The average Bonchev–Trinajstić information content (AvgIpc) is 2.91. The number of carbonyl (C=O) groups is 2. The molecule has 2 rings (SSSR count). The van der Waals surface area contributed by atoms with Crippen LogP contribution in [0.3, 0.4) is 0 Å². The van der Waals surface area contributed by atoms with E-state index in [0.717, 1.165) is 25.0 Å². The standard InChI is InChI=1S/C15H22N2O5/c1-11-8-13(22-16-11)9-21-10-14(18)17-7-3-2-4-12(17)5-6-15(19)20/h8,12H,2-7,9-10H2,1H3,(H,19,20). The summed E-state index contributed by atoms with van der Waals surface area (Å²) in [5.41, 5.74) is 0.773. The Morgan fingerprint density at radius 3 is 3.00 bits per heavy atom. The molecule has 1 aliphatic heterocycles. The molecule has 1 unspecified atom stereocenters. The third-order valence-corrected chi connectivity index (χ3v) is 3.79. The molecule has 1 aliphatic rings. The van der Waals surface area contributed by atoms with Gasteiger partial charge in [0.25, 0.3) is 0 Å². The van der Waals surface area contributed by atoms with Crippen LogP contribution >= 0.6 is 0 Å². The second kappa shape index (κ2) is 7.93. The van der Waals surface area contributed by atoms with Crippen molar-refractivity contribution >= 4 is 11.9 Å². The maximum atomic E-state index is 12.3. The molecule has 0 aromatic carbocycles. The van der Waals surface area contributed by atoms with Crippen LogP contribution in [-0.2, 0) is 20.9 Å². The van der Waals surface area contributed by atoms with Gasteiger partial charge in [-0.25, -0.2) is 0 Å². The SMILES string of the molecule is Cc1cc(COCC(=O)N2CCCCC2CCC(=O)O)on1. The lowest BCUT2D eigenvalue weighted by Crippen LogP contribution is -2.45. The summed E-state index contributed by atoms with van der Waals surface area (Å²) in [5, 5.41) is 12.5. The minimum Gasteiger partial charge on any atom is -0.481 e. The summed E-state index contributed by atoms with van der Waals surface area (Å²) in [7, 11) is 0. The highest BCUT2D eigenvalue weighted by molar-refractivity contribution is 5.78. The Kier molecular flexibility index (Phi) is 5.94. The zero-order valence-corrected chi connectivity index (χ0v) is 12.8. The van der Waals surface area contributed by atoms with Gasteiger partial charge in [0.05, 0.1) is 5.69 Å². The summed E-state index contributed by atoms with van der Waals surface area (Å²) in [4.78, 5) is 24.7. The van der Waals surface area contributed by atoms with E-state index in [-0.39, 0.29) is 31.6 Å². The van der Waals surface area contributed by atoms with Crippen LogP contribution in [0.4, 0.5) is 0 Å². The number of carbonyl (C=O) groups excluding carboxylic acids is 1. The number of aromatic nitrogens is 1. The van der Waals surface area contributed by atoms with Crippen LogP contribution in [0.5, 0.6) is 0 Å². The normalized spacial score (nSPS) is 18.4. The summed E-state index contributed by atoms with van der Waals surface area (Å²) in [5.74, 6) is -0.326. The predicted molar refractivity (Wildman–Crippen MR) is 77.1 cm³/mol. The van der Waals surface area contributed by atoms with Crippen LogP contribution in [0.1, 0.15) is 43.6 Å². The molecular weight excluding hydrogens is 288 g/mol. The van der Waals surface area contributed by atoms with Gasteiger partial charge in [0.2, 0.25) is 5.91 Å². The molecule has 1 N–H and O–H groups in total. The first kappa shape index (κ1) is 16.5. The largest absolute Gasteiger partial charge is 0.481 e. The van der Waals surface area contributed by atoms with E-state index in [1.807, 2.05) is 6.92 Å². The van der Waals surface area contributed by atoms with Crippen molar-refractivity contribution in [2.45, 2.75) is 51.7 Å². The quantitative estimate of drug-likeness (QED) is 0.824. The molecular formula is C15H22N2O5. The summed E-state index contributed by atoms with van der Waals surface area (Å²) in [6, 6.07) is 1.77. The van der Waals surface area contributed by atoms with Crippen LogP contribution in [0.2, 0.25) is 0 Å². The molecule has 22 heavy (non-hydrogen) atoms. The van der Waals surface area contributed by atoms with Crippen molar-refractivity contribution in [3.63, 3.8) is 0 Å². The molecule has 1 aromatic heterocycles. The molecule has 122 valence electrons. The van der Waals surface area contributed by atoms with Gasteiger partial charge in [-0.2, -0.15) is 0 Å². The van der Waals surface area contributed by atoms with Crippen LogP contribution < -0.4 is 0 Å². The van der Waals surface area contributed by atoms with E-state index in [9.17, 15) is 9.59 Å². The van der Waals surface area contributed by atoms with Crippen molar-refractivity contribution < 1.29 is 24.0 Å². The molecule has 1 fully saturated rings. The predicted octanol–water partition coefficient (Wildman–Crippen LogP) is 1.75. The highest BCUT2D eigenvalue weighted by atomic mass is 16.5. The van der Waals surface area contributed by atoms with E-state index in [2.05, 4.69) is 5.16 Å². The molecule has 1 atom stereocenters. The van der Waals surface area contributed by atoms with E-state index < -0.39 is 5.97 Å². The van der Waals surface area contributed by atoms with Crippen molar-refractivity contribution in [2.75, 3.05) is 13.2 Å². The van der Waals surface area contributed by atoms with Crippen molar-refractivity contribution in [3.05, 3.63) is 17.5 Å². The second-order valence-electron chi connectivity index (χ2n) is 5.60. The van der Waals surface area contributed by atoms with Gasteiger partial charge >= 0.3 is 5.97 Å². The Balaban J connectivity index is 1.79. The molecule has 0 saturated carbocycles. The van der Waals surface area contributed by atoms with Crippen molar-refractivity contribution in [2.24, 2.45) is 0 Å². The molecule has 0 bridgehead atoms. The third kappa shape index (κ3) is 4.84. The molecule has 7 heteroatoms. The summed E-state index contributed by atoms with van der Waals surface area (Å²) < 4.78 is 10.4. The van der Waals surface area contributed by atoms with Gasteiger partial charge in [-0.05, 0) is 32.6 Å². The molecule has 1 aromatic rings. The van der Waals surface area contributed by atoms with Crippen molar-refractivity contribution in [3.8, 4) is 0 Å². The molecule has 0 spiro atoms. The topological polar surface area (TPSA) is 92.9 Å². The minimum absolute atomic E-state index is 0.00785. The van der Waals surface area contributed by atoms with E-state index in [1.54, 1.807) is 11.0 Å². The molecule has 7 nitrogen and oxygen atoms in total. The highest BCUT2D eigenvalue weighted by Gasteiger charge is 2.26. The lowest BCUT2D eigenvalue weighted by Gasteiger charge is -2.35. The lowest BCUT2D eigenvalue weighted by molar-refractivity contribution is -0.143. The summed E-state index contributed by atoms with van der Waals surface area (Å²) in [6.45, 7) is 2.68. The number of ether oxygens (including phenoxy) is 1. The number of hydrogen-bond donors (Lipinski definition) is 1. The summed E-state index contributed by atoms with van der Waals surface area (Å²) in [6.07, 6.45) is 3.44. The second-order valence-corrected chi connectivity index (χ2v) is 5.60. The monoisotopic (exact) mass is 310 g/mol. The van der Waals surface area contributed by atoms with Gasteiger partial charge in [0.1, 0.15) is 13.2 Å². The number of aliphatic carboxylic acids is 1. The smallest absolute Gasteiger partial charge is 0.303 e. The lowest BCUT2D eigenvalue weighted by atomic mass is 9.98. The number of carboxylic acid groups (broad SMARTS) is 1. The minimum atomic E-state index is -0.824. The maximum Gasteiger partial charge on any atom is 0.303 e. The molecule has 0 radical (unpaired) electrons. The fourth-order valence-corrected chi connectivity index (χ4v) is 2.73. The van der Waals surface area contributed by atoms with Gasteiger partial charge in [0, 0.05) is 25.1 Å². The zero-order chi connectivity index (χ0) is 15.9. The molecule has 2 heterocycles. The first-order valence-electron chi connectivity index (χ1n) is 7.57. The Morgan fingerprint density at radius 2 is 2.32 bits per heavy atom. The van der Waals surface area contributed by atoms with Crippen molar-refractivity contribution in [1.82, 2.24) is 10.1 Å². The van der Waals surface area contributed by atoms with Gasteiger partial charge in [-0.3, -0.25) is 9.59 Å². The number of carboxylic acids is 1. The third-order valence-electron chi connectivity index (χ3n) is 3.79. The number of piperidine rings is 1. The van der Waals surface area contributed by atoms with Gasteiger partial charge in [0.15, 0.2) is 5.76 Å². The highest BCUT2D eigenvalue weighted by Crippen LogP contribution is 2.21. The number of likely N-dealkylation sites (tertiary alicyclic amines) is 1. The molecule has 1 saturated heterocycles. The Bertz CT molecular complexity index is 514. The number of aryl methyl sites for hydroxylation is 1. The van der Waals surface area contributed by atoms with Gasteiger partial charge in [-0.15, -0.1) is 0 Å². The van der Waals surface area contributed by atoms with E-state index in [1.165, 1.54) is 0 Å². The van der Waals surface area contributed by atoms with Gasteiger partial charge in [-0.1, -0.05) is 5.16 Å². The van der Waals surface area contributed by atoms with E-state index >= 15 is 0 Å². The number of hydrogen-bond acceptors (Lipinski definition) is 5. The Hall–Kier alpha value is -1.89. The maximum absolute atomic E-state index is 12.3. The fraction of sp³-hybridized carbons (Fsp3) is 0.667. The van der Waals surface area contributed by atoms with Crippen molar-refractivity contribution in [1.29, 1.82) is 0 Å². The van der Waals surface area contributed by atoms with Crippen LogP contribution in [0.15, 0.2) is 10.6 Å². The Morgan fingerprint density at radius 1 is 1.50 bits per heavy atom. The van der Waals surface area contributed by atoms with Gasteiger partial charge < -0.3 is 19.3 Å². The number of nitrogens with zero attached hydrogens (tertiary/aromatic N) is 2. The number of amides is 1. The number of rotatable bonds is 7. The summed E-state index contributed by atoms with van der Waals surface area (Å²) >= 11 is 0. The zero-order valence-electron chi connectivity index (χ0n) is 12.8. The van der Waals surface area contributed by atoms with Crippen LogP contribution in [0, 0.1) is 6.92 Å². The van der Waals surface area contributed by atoms with Crippen LogP contribution in [0.25, 0.3) is 0 Å². The molecule has 0 aliphatic carbocycles. The van der Waals surface area contributed by atoms with Crippen LogP contribution in [-0.4, -0.2) is 46.2 Å².